The van der Waals surface area contributed by atoms with Gasteiger partial charge in [-0.3, -0.25) is 9.13 Å². The van der Waals surface area contributed by atoms with E-state index in [4.69, 9.17) is 19.4 Å². The highest BCUT2D eigenvalue weighted by atomic mass is 16.5. The van der Waals surface area contributed by atoms with E-state index >= 15 is 0 Å². The van der Waals surface area contributed by atoms with Crippen molar-refractivity contribution in [3.05, 3.63) is 164 Å². The van der Waals surface area contributed by atoms with Crippen molar-refractivity contribution < 1.29 is 9.47 Å². The van der Waals surface area contributed by atoms with Crippen molar-refractivity contribution in [3.63, 3.8) is 0 Å². The van der Waals surface area contributed by atoms with E-state index in [1.54, 1.807) is 0 Å². The first-order valence-corrected chi connectivity index (χ1v) is 18.6. The van der Waals surface area contributed by atoms with Crippen LogP contribution in [-0.4, -0.2) is 34.1 Å². The maximum Gasteiger partial charge on any atom is 0.162 e. The first-order chi connectivity index (χ1) is 27.5. The molecular formula is C47H35N7O2. The molecule has 5 aromatic heterocycles. The minimum Gasteiger partial charge on any atom is -0.457 e. The van der Waals surface area contributed by atoms with Crippen molar-refractivity contribution in [2.75, 3.05) is 0 Å². The molecule has 0 saturated heterocycles. The number of rotatable bonds is 8. The van der Waals surface area contributed by atoms with E-state index in [-0.39, 0.29) is 0 Å². The molecule has 56 heavy (non-hydrogen) atoms. The van der Waals surface area contributed by atoms with Gasteiger partial charge in [-0.1, -0.05) is 50.2 Å². The zero-order chi connectivity index (χ0) is 37.8. The van der Waals surface area contributed by atoms with Gasteiger partial charge in [-0.25, -0.2) is 24.9 Å². The minimum atomic E-state index is 0.369. The Labute approximate surface area is 322 Å². The Bertz CT molecular complexity index is 3100. The lowest BCUT2D eigenvalue weighted by atomic mass is 10.1. The number of fused-ring (bicyclic) bond motifs is 6. The summed E-state index contributed by atoms with van der Waals surface area (Å²) >= 11 is 0. The maximum atomic E-state index is 6.68. The van der Waals surface area contributed by atoms with Gasteiger partial charge < -0.3 is 9.47 Å². The predicted molar refractivity (Wildman–Crippen MR) is 221 cm³/mol. The fourth-order valence-electron chi connectivity index (χ4n) is 7.56. The SMILES string of the molecule is Cc1ccnc(-n2c3ccccc3c3ccc(Oc4cc(Oc5ccc6c7ccccc7n(-c7cc(C(C)C)ccn7)c6c5)cc(-c5ncncn5)c4)cc32)c1. The molecule has 0 N–H and O–H groups in total. The van der Waals surface area contributed by atoms with E-state index in [2.05, 4.69) is 136 Å². The first-order valence-electron chi connectivity index (χ1n) is 18.6. The number of hydrogen-bond acceptors (Lipinski definition) is 7. The third kappa shape index (κ3) is 5.86. The number of aryl methyl sites for hydroxylation is 1. The summed E-state index contributed by atoms with van der Waals surface area (Å²) < 4.78 is 17.7. The van der Waals surface area contributed by atoms with Crippen LogP contribution < -0.4 is 9.47 Å². The number of ether oxygens (including phenoxy) is 2. The molecule has 0 atom stereocenters. The Kier molecular flexibility index (Phi) is 7.99. The largest absolute Gasteiger partial charge is 0.457 e. The van der Waals surface area contributed by atoms with Gasteiger partial charge in [-0.2, -0.15) is 0 Å². The van der Waals surface area contributed by atoms with Crippen molar-refractivity contribution >= 4 is 43.6 Å². The molecule has 0 aliphatic rings. The smallest absolute Gasteiger partial charge is 0.162 e. The van der Waals surface area contributed by atoms with Gasteiger partial charge in [-0.05, 0) is 96.8 Å². The van der Waals surface area contributed by atoms with Crippen LogP contribution in [-0.2, 0) is 0 Å². The topological polar surface area (TPSA) is 92.8 Å². The Morgan fingerprint density at radius 1 is 0.482 bits per heavy atom. The number of nitrogens with zero attached hydrogens (tertiary/aromatic N) is 7. The monoisotopic (exact) mass is 729 g/mol. The molecule has 9 nitrogen and oxygen atoms in total. The summed E-state index contributed by atoms with van der Waals surface area (Å²) in [6.45, 7) is 6.47. The first kappa shape index (κ1) is 33.2. The highest BCUT2D eigenvalue weighted by Crippen LogP contribution is 2.39. The van der Waals surface area contributed by atoms with E-state index in [0.29, 0.717) is 34.7 Å². The molecule has 0 fully saturated rings. The molecule has 0 aliphatic heterocycles. The Hall–Kier alpha value is -7.39. The van der Waals surface area contributed by atoms with Crippen molar-refractivity contribution in [3.8, 4) is 46.0 Å². The third-order valence-corrected chi connectivity index (χ3v) is 10.2. The summed E-state index contributed by atoms with van der Waals surface area (Å²) in [5, 5.41) is 4.51. The van der Waals surface area contributed by atoms with E-state index in [1.807, 2.05) is 48.8 Å². The van der Waals surface area contributed by atoms with Crippen LogP contribution in [0.1, 0.15) is 30.9 Å². The lowest BCUT2D eigenvalue weighted by Crippen LogP contribution is -1.99. The van der Waals surface area contributed by atoms with Crippen molar-refractivity contribution in [2.45, 2.75) is 26.7 Å². The van der Waals surface area contributed by atoms with Gasteiger partial charge in [0.2, 0.25) is 0 Å². The lowest BCUT2D eigenvalue weighted by Gasteiger charge is -2.13. The molecule has 270 valence electrons. The summed E-state index contributed by atoms with van der Waals surface area (Å²) in [7, 11) is 0. The number of benzene rings is 5. The number of hydrogen-bond donors (Lipinski definition) is 0. The number of aromatic nitrogens is 7. The highest BCUT2D eigenvalue weighted by molar-refractivity contribution is 6.10. The fraction of sp³-hybridized carbons (Fsp3) is 0.0851. The fourth-order valence-corrected chi connectivity index (χ4v) is 7.56. The van der Waals surface area contributed by atoms with Gasteiger partial charge in [-0.15, -0.1) is 0 Å². The molecular weight excluding hydrogens is 695 g/mol. The van der Waals surface area contributed by atoms with Crippen LogP contribution in [0, 0.1) is 6.92 Å². The molecule has 5 aromatic carbocycles. The molecule has 0 bridgehead atoms. The zero-order valence-electron chi connectivity index (χ0n) is 31.0. The van der Waals surface area contributed by atoms with Gasteiger partial charge in [0.25, 0.3) is 0 Å². The van der Waals surface area contributed by atoms with E-state index in [1.165, 1.54) is 18.2 Å². The van der Waals surface area contributed by atoms with Crippen molar-refractivity contribution in [1.82, 2.24) is 34.1 Å². The van der Waals surface area contributed by atoms with Gasteiger partial charge in [0, 0.05) is 57.7 Å². The summed E-state index contributed by atoms with van der Waals surface area (Å²) in [6.07, 6.45) is 6.70. The highest BCUT2D eigenvalue weighted by Gasteiger charge is 2.18. The van der Waals surface area contributed by atoms with E-state index in [0.717, 1.165) is 66.4 Å². The lowest BCUT2D eigenvalue weighted by molar-refractivity contribution is 0.461. The van der Waals surface area contributed by atoms with Gasteiger partial charge in [0.05, 0.1) is 22.1 Å². The van der Waals surface area contributed by atoms with E-state index in [9.17, 15) is 0 Å². The standard InChI is InChI=1S/C47H35N7O2/c1-29(2)31-17-19-50-46(23-31)54-42-11-7-5-9-38(42)40-15-13-34(26-44(40)54)56-36-22-32(47-51-27-48-28-52-47)21-35(24-36)55-33-12-14-39-37-8-4-6-10-41(37)53(43(39)25-33)45-20-30(3)16-18-49-45/h4-29H,1-3H3. The number of pyridine rings is 2. The summed E-state index contributed by atoms with van der Waals surface area (Å²) in [5.74, 6) is 5.04. The van der Waals surface area contributed by atoms with Gasteiger partial charge in [0.15, 0.2) is 5.82 Å². The molecule has 0 spiro atoms. The minimum absolute atomic E-state index is 0.369. The summed E-state index contributed by atoms with van der Waals surface area (Å²) in [4.78, 5) is 22.5. The molecule has 9 heteroatoms. The summed E-state index contributed by atoms with van der Waals surface area (Å²) in [6, 6.07) is 43.2. The van der Waals surface area contributed by atoms with E-state index < -0.39 is 0 Å². The normalized spacial score (nSPS) is 11.6. The number of para-hydroxylation sites is 2. The predicted octanol–water partition coefficient (Wildman–Crippen LogP) is 11.5. The van der Waals surface area contributed by atoms with Crippen LogP contribution in [0.25, 0.3) is 66.6 Å². The molecule has 10 rings (SSSR count). The average Bonchev–Trinajstić information content (AvgIpc) is 3.73. The van der Waals surface area contributed by atoms with Crippen LogP contribution in [0.15, 0.2) is 152 Å². The van der Waals surface area contributed by atoms with Crippen molar-refractivity contribution in [1.29, 1.82) is 0 Å². The third-order valence-electron chi connectivity index (χ3n) is 10.2. The van der Waals surface area contributed by atoms with Crippen LogP contribution in [0.4, 0.5) is 0 Å². The van der Waals surface area contributed by atoms with Gasteiger partial charge in [0.1, 0.15) is 47.3 Å². The molecule has 0 saturated carbocycles. The van der Waals surface area contributed by atoms with Crippen molar-refractivity contribution in [2.24, 2.45) is 0 Å². The second kappa shape index (κ2) is 13.5. The Morgan fingerprint density at radius 3 is 1.59 bits per heavy atom. The average molecular weight is 730 g/mol. The molecule has 5 heterocycles. The molecule has 0 amide bonds. The molecule has 0 radical (unpaired) electrons. The Morgan fingerprint density at radius 2 is 1.02 bits per heavy atom. The molecule has 10 aromatic rings. The quantitative estimate of drug-likeness (QED) is 0.154. The molecule has 0 unspecified atom stereocenters. The van der Waals surface area contributed by atoms with Crippen LogP contribution in [0.2, 0.25) is 0 Å². The zero-order valence-corrected chi connectivity index (χ0v) is 31.0. The van der Waals surface area contributed by atoms with Gasteiger partial charge >= 0.3 is 0 Å². The second-order valence-corrected chi connectivity index (χ2v) is 14.2. The maximum absolute atomic E-state index is 6.68. The second-order valence-electron chi connectivity index (χ2n) is 14.2. The Balaban J connectivity index is 1.07. The van der Waals surface area contributed by atoms with Crippen LogP contribution in [0.5, 0.6) is 23.0 Å². The molecule has 0 aliphatic carbocycles. The van der Waals surface area contributed by atoms with Crippen LogP contribution >= 0.6 is 0 Å². The van der Waals surface area contributed by atoms with Crippen LogP contribution in [0.3, 0.4) is 0 Å². The summed E-state index contributed by atoms with van der Waals surface area (Å²) in [5.41, 5.74) is 7.22.